The second-order valence-corrected chi connectivity index (χ2v) is 8.23. The van der Waals surface area contributed by atoms with E-state index in [2.05, 4.69) is 15.3 Å². The number of nitro groups is 1. The minimum atomic E-state index is -3.83. The van der Waals surface area contributed by atoms with Crippen LogP contribution in [-0.2, 0) is 10.0 Å². The Kier molecular flexibility index (Phi) is 5.97. The van der Waals surface area contributed by atoms with Gasteiger partial charge >= 0.3 is 0 Å². The zero-order chi connectivity index (χ0) is 21.9. The molecule has 0 radical (unpaired) electrons. The van der Waals surface area contributed by atoms with Crippen molar-refractivity contribution in [3.05, 3.63) is 64.2 Å². The fourth-order valence-corrected chi connectivity index (χ4v) is 3.45. The Hall–Kier alpha value is -3.53. The molecule has 12 heteroatoms. The number of hydrogen-bond donors (Lipinski definition) is 2. The Bertz CT molecular complexity index is 1270. The molecule has 3 aromatic rings. The lowest BCUT2D eigenvalue weighted by molar-refractivity contribution is -0.384. The Morgan fingerprint density at radius 3 is 2.47 bits per heavy atom. The van der Waals surface area contributed by atoms with E-state index in [1.54, 1.807) is 12.3 Å². The molecule has 0 bridgehead atoms. The van der Waals surface area contributed by atoms with Gasteiger partial charge in [-0.25, -0.2) is 23.5 Å². The van der Waals surface area contributed by atoms with Crippen LogP contribution in [-0.4, -0.2) is 29.6 Å². The zero-order valence-corrected chi connectivity index (χ0v) is 17.1. The van der Waals surface area contributed by atoms with E-state index in [1.165, 1.54) is 54.2 Å². The fraction of sp³-hybridized carbons (Fsp3) is 0.0556. The van der Waals surface area contributed by atoms with Gasteiger partial charge in [-0.2, -0.15) is 5.26 Å². The molecule has 0 aliphatic heterocycles. The number of non-ortho nitro benzene ring substituents is 1. The Labute approximate surface area is 176 Å². The molecule has 1 aromatic heterocycles. The normalized spacial score (nSPS) is 11.0. The molecule has 0 fully saturated rings. The SMILES string of the molecule is CSc1nc(Nc2ccc(S(N)(=O)=O)cc2)c(C#N)c(-c2cccc([N+](=O)[O-])c2)n1. The number of nitro benzene ring substituents is 1. The standard InChI is InChI=1S/C18H14N6O4S2/c1-29-18-22-16(11-3-2-4-13(9-11)24(25)26)15(10-19)17(23-18)21-12-5-7-14(8-6-12)30(20,27)28/h2-9H,1H3,(H2,20,27,28)(H,21,22,23). The molecule has 3 rings (SSSR count). The van der Waals surface area contributed by atoms with Crippen LogP contribution in [0.25, 0.3) is 11.3 Å². The first kappa shape index (κ1) is 21.2. The Morgan fingerprint density at radius 1 is 1.20 bits per heavy atom. The summed E-state index contributed by atoms with van der Waals surface area (Å²) < 4.78 is 22.8. The van der Waals surface area contributed by atoms with Gasteiger partial charge in [0.05, 0.1) is 15.5 Å². The average molecular weight is 442 g/mol. The maximum Gasteiger partial charge on any atom is 0.270 e. The van der Waals surface area contributed by atoms with Crippen molar-refractivity contribution in [3.8, 4) is 17.3 Å². The molecule has 0 atom stereocenters. The molecular weight excluding hydrogens is 428 g/mol. The number of primary sulfonamides is 1. The maximum atomic E-state index is 11.4. The summed E-state index contributed by atoms with van der Waals surface area (Å²) in [5.41, 5.74) is 1.06. The van der Waals surface area contributed by atoms with E-state index in [0.29, 0.717) is 16.4 Å². The van der Waals surface area contributed by atoms with Gasteiger partial charge < -0.3 is 5.32 Å². The van der Waals surface area contributed by atoms with Gasteiger partial charge in [-0.3, -0.25) is 10.1 Å². The average Bonchev–Trinajstić information content (AvgIpc) is 2.73. The molecule has 10 nitrogen and oxygen atoms in total. The van der Waals surface area contributed by atoms with Crippen LogP contribution in [0.5, 0.6) is 0 Å². The predicted molar refractivity (Wildman–Crippen MR) is 112 cm³/mol. The van der Waals surface area contributed by atoms with Crippen molar-refractivity contribution in [2.45, 2.75) is 10.1 Å². The largest absolute Gasteiger partial charge is 0.339 e. The number of sulfonamides is 1. The van der Waals surface area contributed by atoms with Crippen molar-refractivity contribution < 1.29 is 13.3 Å². The molecule has 0 unspecified atom stereocenters. The number of nitrogens with two attached hydrogens (primary N) is 1. The summed E-state index contributed by atoms with van der Waals surface area (Å²) in [5, 5.41) is 29.2. The molecule has 0 amide bonds. The van der Waals surface area contributed by atoms with Gasteiger partial charge in [0.1, 0.15) is 11.6 Å². The Morgan fingerprint density at radius 2 is 1.90 bits per heavy atom. The number of aromatic nitrogens is 2. The molecule has 1 heterocycles. The van der Waals surface area contributed by atoms with Gasteiger partial charge in [0.15, 0.2) is 11.0 Å². The number of thioether (sulfide) groups is 1. The molecule has 152 valence electrons. The van der Waals surface area contributed by atoms with E-state index >= 15 is 0 Å². The van der Waals surface area contributed by atoms with Crippen LogP contribution in [0.15, 0.2) is 58.6 Å². The molecule has 0 saturated carbocycles. The third kappa shape index (κ3) is 4.54. The summed E-state index contributed by atoms with van der Waals surface area (Å²) in [5.74, 6) is 0.182. The third-order valence-electron chi connectivity index (χ3n) is 3.96. The van der Waals surface area contributed by atoms with Crippen molar-refractivity contribution in [2.24, 2.45) is 5.14 Å². The van der Waals surface area contributed by atoms with Crippen LogP contribution in [0, 0.1) is 21.4 Å². The van der Waals surface area contributed by atoms with E-state index in [0.717, 1.165) is 0 Å². The molecule has 0 aliphatic rings. The van der Waals surface area contributed by atoms with Crippen molar-refractivity contribution in [1.82, 2.24) is 9.97 Å². The quantitative estimate of drug-likeness (QED) is 0.252. The lowest BCUT2D eigenvalue weighted by Gasteiger charge is -2.12. The monoisotopic (exact) mass is 442 g/mol. The van der Waals surface area contributed by atoms with Crippen LogP contribution < -0.4 is 10.5 Å². The van der Waals surface area contributed by atoms with E-state index in [9.17, 15) is 23.8 Å². The summed E-state index contributed by atoms with van der Waals surface area (Å²) >= 11 is 1.24. The van der Waals surface area contributed by atoms with Crippen LogP contribution in [0.1, 0.15) is 5.56 Å². The maximum absolute atomic E-state index is 11.4. The first-order chi connectivity index (χ1) is 14.2. The fourth-order valence-electron chi connectivity index (χ4n) is 2.57. The highest BCUT2D eigenvalue weighted by Crippen LogP contribution is 2.31. The highest BCUT2D eigenvalue weighted by Gasteiger charge is 2.18. The predicted octanol–water partition coefficient (Wildman–Crippen LogP) is 3.04. The van der Waals surface area contributed by atoms with E-state index in [-0.39, 0.29) is 27.7 Å². The summed E-state index contributed by atoms with van der Waals surface area (Å²) in [7, 11) is -3.83. The first-order valence-electron chi connectivity index (χ1n) is 8.24. The topological polar surface area (TPSA) is 165 Å². The number of nitrogens with zero attached hydrogens (tertiary/aromatic N) is 4. The van der Waals surface area contributed by atoms with Crippen LogP contribution in [0.3, 0.4) is 0 Å². The number of hydrogen-bond acceptors (Lipinski definition) is 9. The second-order valence-electron chi connectivity index (χ2n) is 5.90. The van der Waals surface area contributed by atoms with Crippen molar-refractivity contribution >= 4 is 39.0 Å². The first-order valence-corrected chi connectivity index (χ1v) is 11.0. The zero-order valence-electron chi connectivity index (χ0n) is 15.4. The minimum absolute atomic E-state index is 0.0571. The van der Waals surface area contributed by atoms with Crippen molar-refractivity contribution in [2.75, 3.05) is 11.6 Å². The van der Waals surface area contributed by atoms with Crippen molar-refractivity contribution in [3.63, 3.8) is 0 Å². The van der Waals surface area contributed by atoms with Gasteiger partial charge in [-0.1, -0.05) is 23.9 Å². The lowest BCUT2D eigenvalue weighted by Crippen LogP contribution is -2.11. The number of rotatable bonds is 6. The summed E-state index contributed by atoms with van der Waals surface area (Å²) in [6, 6.07) is 13.4. The third-order valence-corrected chi connectivity index (χ3v) is 5.44. The molecular formula is C18H14N6O4S2. The van der Waals surface area contributed by atoms with Crippen LogP contribution in [0.4, 0.5) is 17.2 Å². The smallest absolute Gasteiger partial charge is 0.270 e. The van der Waals surface area contributed by atoms with E-state index in [1.807, 2.05) is 6.07 Å². The minimum Gasteiger partial charge on any atom is -0.339 e. The van der Waals surface area contributed by atoms with Gasteiger partial charge in [0.2, 0.25) is 10.0 Å². The molecule has 30 heavy (non-hydrogen) atoms. The number of nitrogens with one attached hydrogen (secondary N) is 1. The van der Waals surface area contributed by atoms with E-state index < -0.39 is 14.9 Å². The van der Waals surface area contributed by atoms with Crippen molar-refractivity contribution in [1.29, 1.82) is 5.26 Å². The second kappa shape index (κ2) is 8.46. The highest BCUT2D eigenvalue weighted by atomic mass is 32.2. The van der Waals surface area contributed by atoms with Gasteiger partial charge in [-0.05, 0) is 30.5 Å². The number of benzene rings is 2. The van der Waals surface area contributed by atoms with Gasteiger partial charge in [-0.15, -0.1) is 0 Å². The van der Waals surface area contributed by atoms with E-state index in [4.69, 9.17) is 5.14 Å². The molecule has 2 aromatic carbocycles. The molecule has 0 aliphatic carbocycles. The summed E-state index contributed by atoms with van der Waals surface area (Å²) in [6.45, 7) is 0. The van der Waals surface area contributed by atoms with Crippen LogP contribution in [0.2, 0.25) is 0 Å². The number of anilines is 2. The molecule has 0 spiro atoms. The Balaban J connectivity index is 2.10. The molecule has 3 N–H and O–H groups in total. The summed E-state index contributed by atoms with van der Waals surface area (Å²) in [6.07, 6.45) is 1.75. The molecule has 0 saturated heterocycles. The van der Waals surface area contributed by atoms with Crippen LogP contribution >= 0.6 is 11.8 Å². The van der Waals surface area contributed by atoms with Gasteiger partial charge in [0.25, 0.3) is 5.69 Å². The van der Waals surface area contributed by atoms with Gasteiger partial charge in [0, 0.05) is 23.4 Å². The lowest BCUT2D eigenvalue weighted by atomic mass is 10.1. The number of nitriles is 1. The summed E-state index contributed by atoms with van der Waals surface area (Å²) in [4.78, 5) is 19.2. The highest BCUT2D eigenvalue weighted by molar-refractivity contribution is 7.98.